The van der Waals surface area contributed by atoms with Gasteiger partial charge in [-0.15, -0.1) is 0 Å². The zero-order chi connectivity index (χ0) is 15.5. The van der Waals surface area contributed by atoms with Crippen LogP contribution in [-0.2, 0) is 16.0 Å². The van der Waals surface area contributed by atoms with Crippen molar-refractivity contribution in [2.24, 2.45) is 5.92 Å². The third-order valence-electron chi connectivity index (χ3n) is 4.42. The van der Waals surface area contributed by atoms with Crippen LogP contribution in [-0.4, -0.2) is 38.1 Å². The largest absolute Gasteiger partial charge is 0.381 e. The summed E-state index contributed by atoms with van der Waals surface area (Å²) in [7, 11) is 0. The van der Waals surface area contributed by atoms with Crippen molar-refractivity contribution >= 4 is 17.5 Å². The van der Waals surface area contributed by atoms with Gasteiger partial charge in [-0.3, -0.25) is 9.59 Å². The third kappa shape index (κ3) is 3.14. The van der Waals surface area contributed by atoms with E-state index in [4.69, 9.17) is 4.74 Å². The second-order valence-electron chi connectivity index (χ2n) is 6.06. The molecule has 1 aromatic rings. The van der Waals surface area contributed by atoms with Gasteiger partial charge in [0.1, 0.15) is 0 Å². The fraction of sp³-hybridized carbons (Fsp3) is 0.529. The van der Waals surface area contributed by atoms with Gasteiger partial charge < -0.3 is 15.0 Å². The van der Waals surface area contributed by atoms with Crippen molar-refractivity contribution in [1.82, 2.24) is 5.32 Å². The molecule has 3 rings (SSSR count). The Labute approximate surface area is 130 Å². The molecule has 22 heavy (non-hydrogen) atoms. The van der Waals surface area contributed by atoms with Crippen LogP contribution in [0.25, 0.3) is 0 Å². The minimum absolute atomic E-state index is 0.0466. The zero-order valence-corrected chi connectivity index (χ0v) is 12.9. The highest BCUT2D eigenvalue weighted by atomic mass is 16.5. The van der Waals surface area contributed by atoms with Gasteiger partial charge in [-0.1, -0.05) is 0 Å². The SMILES string of the molecule is CC(=O)N1CCc2cc(C(=O)NCC3CCCOC3)ccc21. The van der Waals surface area contributed by atoms with Crippen LogP contribution in [0.1, 0.15) is 35.7 Å². The Balaban J connectivity index is 1.63. The van der Waals surface area contributed by atoms with Crippen LogP contribution < -0.4 is 10.2 Å². The van der Waals surface area contributed by atoms with Gasteiger partial charge in [-0.2, -0.15) is 0 Å². The number of amides is 2. The van der Waals surface area contributed by atoms with E-state index in [9.17, 15) is 9.59 Å². The molecule has 1 atom stereocenters. The van der Waals surface area contributed by atoms with E-state index in [2.05, 4.69) is 5.32 Å². The predicted octanol–water partition coefficient (Wildman–Crippen LogP) is 1.75. The molecule has 0 bridgehead atoms. The molecule has 5 nitrogen and oxygen atoms in total. The number of anilines is 1. The average molecular weight is 302 g/mol. The lowest BCUT2D eigenvalue weighted by molar-refractivity contribution is -0.116. The number of hydrogen-bond acceptors (Lipinski definition) is 3. The molecule has 118 valence electrons. The molecule has 0 radical (unpaired) electrons. The van der Waals surface area contributed by atoms with Crippen LogP contribution in [0.15, 0.2) is 18.2 Å². The number of rotatable bonds is 3. The van der Waals surface area contributed by atoms with Gasteiger partial charge >= 0.3 is 0 Å². The summed E-state index contributed by atoms with van der Waals surface area (Å²) in [6.45, 7) is 4.51. The molecule has 0 saturated carbocycles. The molecule has 2 amide bonds. The van der Waals surface area contributed by atoms with Crippen molar-refractivity contribution in [3.05, 3.63) is 29.3 Å². The number of nitrogens with one attached hydrogen (secondary N) is 1. The Kier molecular flexibility index (Phi) is 4.43. The van der Waals surface area contributed by atoms with Crippen LogP contribution in [0.4, 0.5) is 5.69 Å². The number of carbonyl (C=O) groups is 2. The van der Waals surface area contributed by atoms with E-state index < -0.39 is 0 Å². The normalized spacial score (nSPS) is 20.6. The monoisotopic (exact) mass is 302 g/mol. The molecule has 2 aliphatic rings. The summed E-state index contributed by atoms with van der Waals surface area (Å²) in [5.74, 6) is 0.420. The highest BCUT2D eigenvalue weighted by Crippen LogP contribution is 2.28. The van der Waals surface area contributed by atoms with Crippen molar-refractivity contribution in [3.8, 4) is 0 Å². The highest BCUT2D eigenvalue weighted by molar-refractivity contribution is 5.97. The number of carbonyl (C=O) groups excluding carboxylic acids is 2. The van der Waals surface area contributed by atoms with Gasteiger partial charge in [-0.25, -0.2) is 0 Å². The fourth-order valence-electron chi connectivity index (χ4n) is 3.18. The number of hydrogen-bond donors (Lipinski definition) is 1. The van der Waals surface area contributed by atoms with E-state index in [0.29, 0.717) is 24.6 Å². The lowest BCUT2D eigenvalue weighted by atomic mass is 10.0. The number of nitrogens with zero attached hydrogens (tertiary/aromatic N) is 1. The topological polar surface area (TPSA) is 58.6 Å². The quantitative estimate of drug-likeness (QED) is 0.925. The summed E-state index contributed by atoms with van der Waals surface area (Å²) in [4.78, 5) is 25.6. The lowest BCUT2D eigenvalue weighted by Gasteiger charge is -2.22. The molecule has 0 spiro atoms. The van der Waals surface area contributed by atoms with Gasteiger partial charge in [0.25, 0.3) is 5.91 Å². The van der Waals surface area contributed by atoms with Gasteiger partial charge in [0, 0.05) is 37.9 Å². The first-order valence-corrected chi connectivity index (χ1v) is 7.92. The van der Waals surface area contributed by atoms with Crippen LogP contribution in [0.2, 0.25) is 0 Å². The van der Waals surface area contributed by atoms with Gasteiger partial charge in [0.2, 0.25) is 5.91 Å². The molecular formula is C17H22N2O3. The smallest absolute Gasteiger partial charge is 0.251 e. The Morgan fingerprint density at radius 1 is 1.41 bits per heavy atom. The maximum Gasteiger partial charge on any atom is 0.251 e. The number of benzene rings is 1. The molecule has 2 aliphatic heterocycles. The molecule has 1 aromatic carbocycles. The van der Waals surface area contributed by atoms with E-state index in [1.807, 2.05) is 12.1 Å². The summed E-state index contributed by atoms with van der Waals surface area (Å²) in [5.41, 5.74) is 2.68. The summed E-state index contributed by atoms with van der Waals surface area (Å²) in [6, 6.07) is 5.58. The van der Waals surface area contributed by atoms with Crippen molar-refractivity contribution in [1.29, 1.82) is 0 Å². The number of ether oxygens (including phenoxy) is 1. The summed E-state index contributed by atoms with van der Waals surface area (Å²) in [5, 5.41) is 2.99. The van der Waals surface area contributed by atoms with Crippen molar-refractivity contribution in [2.45, 2.75) is 26.2 Å². The lowest BCUT2D eigenvalue weighted by Crippen LogP contribution is -2.33. The van der Waals surface area contributed by atoms with Crippen LogP contribution >= 0.6 is 0 Å². The number of fused-ring (bicyclic) bond motifs is 1. The Hall–Kier alpha value is -1.88. The van der Waals surface area contributed by atoms with Gasteiger partial charge in [0.05, 0.1) is 6.61 Å². The van der Waals surface area contributed by atoms with Crippen molar-refractivity contribution in [2.75, 3.05) is 31.2 Å². The van der Waals surface area contributed by atoms with Crippen LogP contribution in [0, 0.1) is 5.92 Å². The molecule has 1 unspecified atom stereocenters. The zero-order valence-electron chi connectivity index (χ0n) is 12.9. The fourth-order valence-corrected chi connectivity index (χ4v) is 3.18. The van der Waals surface area contributed by atoms with Crippen molar-refractivity contribution < 1.29 is 14.3 Å². The van der Waals surface area contributed by atoms with E-state index in [0.717, 1.165) is 43.7 Å². The predicted molar refractivity (Wildman–Crippen MR) is 84.0 cm³/mol. The van der Waals surface area contributed by atoms with E-state index in [1.165, 1.54) is 0 Å². The van der Waals surface area contributed by atoms with E-state index in [-0.39, 0.29) is 11.8 Å². The minimum atomic E-state index is -0.0466. The Morgan fingerprint density at radius 3 is 3.00 bits per heavy atom. The molecular weight excluding hydrogens is 280 g/mol. The molecule has 1 fully saturated rings. The van der Waals surface area contributed by atoms with E-state index in [1.54, 1.807) is 17.9 Å². The third-order valence-corrected chi connectivity index (χ3v) is 4.42. The summed E-state index contributed by atoms with van der Waals surface area (Å²) < 4.78 is 5.43. The van der Waals surface area contributed by atoms with Crippen molar-refractivity contribution in [3.63, 3.8) is 0 Å². The second-order valence-corrected chi connectivity index (χ2v) is 6.06. The molecule has 5 heteroatoms. The average Bonchev–Trinajstić information content (AvgIpc) is 2.97. The van der Waals surface area contributed by atoms with Crippen LogP contribution in [0.5, 0.6) is 0 Å². The van der Waals surface area contributed by atoms with E-state index >= 15 is 0 Å². The maximum absolute atomic E-state index is 12.3. The molecule has 2 heterocycles. The standard InChI is InChI=1S/C17H22N2O3/c1-12(20)19-7-6-14-9-15(4-5-16(14)19)17(21)18-10-13-3-2-8-22-11-13/h4-5,9,13H,2-3,6-8,10-11H2,1H3,(H,18,21). The highest BCUT2D eigenvalue weighted by Gasteiger charge is 2.23. The molecule has 1 saturated heterocycles. The minimum Gasteiger partial charge on any atom is -0.381 e. The first-order chi connectivity index (χ1) is 10.6. The first kappa shape index (κ1) is 15.0. The molecule has 0 aromatic heterocycles. The maximum atomic E-state index is 12.3. The first-order valence-electron chi connectivity index (χ1n) is 7.92. The Bertz CT molecular complexity index is 579. The summed E-state index contributed by atoms with van der Waals surface area (Å²) >= 11 is 0. The summed E-state index contributed by atoms with van der Waals surface area (Å²) in [6.07, 6.45) is 2.99. The molecule has 0 aliphatic carbocycles. The second kappa shape index (κ2) is 6.48. The molecule has 1 N–H and O–H groups in total. The van der Waals surface area contributed by atoms with Gasteiger partial charge in [0.15, 0.2) is 0 Å². The van der Waals surface area contributed by atoms with Gasteiger partial charge in [-0.05, 0) is 48.9 Å². The Morgan fingerprint density at radius 2 is 2.27 bits per heavy atom. The van der Waals surface area contributed by atoms with Crippen LogP contribution in [0.3, 0.4) is 0 Å².